The maximum Gasteiger partial charge on any atom is 0.116 e. The molecule has 0 saturated carbocycles. The maximum absolute atomic E-state index is 10.1. The van der Waals surface area contributed by atoms with Gasteiger partial charge in [0.1, 0.15) is 5.75 Å². The van der Waals surface area contributed by atoms with Crippen molar-refractivity contribution >= 4 is 10.9 Å². The van der Waals surface area contributed by atoms with Crippen LogP contribution in [0.5, 0.6) is 5.75 Å². The summed E-state index contributed by atoms with van der Waals surface area (Å²) >= 11 is 0. The van der Waals surface area contributed by atoms with Gasteiger partial charge in [0.2, 0.25) is 0 Å². The van der Waals surface area contributed by atoms with E-state index in [1.54, 1.807) is 6.07 Å². The van der Waals surface area contributed by atoms with Crippen molar-refractivity contribution in [2.75, 3.05) is 13.1 Å². The molecule has 5 atom stereocenters. The predicted octanol–water partition coefficient (Wildman–Crippen LogP) is 5.09. The number of aromatic hydroxyl groups is 1. The monoisotopic (exact) mass is 400 g/mol. The average molecular weight is 401 g/mol. The minimum atomic E-state index is -0.0777. The lowest BCUT2D eigenvalue weighted by Crippen LogP contribution is -2.55. The van der Waals surface area contributed by atoms with Gasteiger partial charge in [0.15, 0.2) is 0 Å². The molecule has 0 spiro atoms. The number of benzene rings is 2. The number of nitrogens with zero attached hydrogens (tertiary/aromatic N) is 2. The van der Waals surface area contributed by atoms with Gasteiger partial charge in [-0.15, -0.1) is 6.58 Å². The Bertz CT molecular complexity index is 1040. The van der Waals surface area contributed by atoms with Crippen molar-refractivity contribution in [1.29, 1.82) is 0 Å². The Kier molecular flexibility index (Phi) is 5.28. The predicted molar refractivity (Wildman–Crippen MR) is 119 cm³/mol. The molecule has 0 aliphatic carbocycles. The summed E-state index contributed by atoms with van der Waals surface area (Å²) in [6, 6.07) is 18.1. The van der Waals surface area contributed by atoms with Crippen molar-refractivity contribution in [2.45, 2.75) is 31.6 Å². The highest BCUT2D eigenvalue weighted by atomic mass is 16.5. The molecule has 3 saturated heterocycles. The topological polar surface area (TPSA) is 45.6 Å². The van der Waals surface area contributed by atoms with E-state index < -0.39 is 0 Å². The molecule has 3 aromatic rings. The molecule has 3 unspecified atom stereocenters. The van der Waals surface area contributed by atoms with Crippen LogP contribution in [-0.4, -0.2) is 34.1 Å². The average Bonchev–Trinajstić information content (AvgIpc) is 2.80. The minimum Gasteiger partial charge on any atom is -0.508 e. The van der Waals surface area contributed by atoms with Crippen LogP contribution in [0, 0.1) is 11.8 Å². The number of rotatable bonds is 6. The molecule has 4 heterocycles. The molecule has 3 aliphatic rings. The first-order valence-corrected chi connectivity index (χ1v) is 10.8. The van der Waals surface area contributed by atoms with E-state index in [4.69, 9.17) is 4.74 Å². The van der Waals surface area contributed by atoms with E-state index in [2.05, 4.69) is 40.7 Å². The van der Waals surface area contributed by atoms with Crippen LogP contribution < -0.4 is 0 Å². The van der Waals surface area contributed by atoms with Crippen LogP contribution in [0.25, 0.3) is 10.9 Å². The summed E-state index contributed by atoms with van der Waals surface area (Å²) < 4.78 is 6.65. The highest BCUT2D eigenvalue weighted by molar-refractivity contribution is 5.83. The number of aromatic nitrogens is 1. The van der Waals surface area contributed by atoms with Crippen LogP contribution in [0.3, 0.4) is 0 Å². The van der Waals surface area contributed by atoms with Crippen LogP contribution in [0.2, 0.25) is 0 Å². The van der Waals surface area contributed by atoms with E-state index in [9.17, 15) is 5.11 Å². The van der Waals surface area contributed by atoms with Crippen molar-refractivity contribution in [3.05, 3.63) is 84.6 Å². The second-order valence-corrected chi connectivity index (χ2v) is 8.57. The largest absolute Gasteiger partial charge is 0.508 e. The Labute approximate surface area is 177 Å². The van der Waals surface area contributed by atoms with Gasteiger partial charge in [0, 0.05) is 24.2 Å². The molecule has 0 radical (unpaired) electrons. The third-order valence-corrected chi connectivity index (χ3v) is 6.84. The SMILES string of the molecule is C=CC1CN2CCC1C[C@H]2[C@@H](OCc1ccccc1)c1ccnc2ccc(O)cc12. The van der Waals surface area contributed by atoms with Gasteiger partial charge in [0.05, 0.1) is 18.2 Å². The van der Waals surface area contributed by atoms with E-state index in [0.29, 0.717) is 24.5 Å². The first-order chi connectivity index (χ1) is 14.7. The third kappa shape index (κ3) is 3.62. The summed E-state index contributed by atoms with van der Waals surface area (Å²) in [5, 5.41) is 11.1. The third-order valence-electron chi connectivity index (χ3n) is 6.84. The number of hydrogen-bond acceptors (Lipinski definition) is 4. The number of phenolic OH excluding ortho intramolecular Hbond substituents is 1. The zero-order valence-electron chi connectivity index (χ0n) is 17.2. The van der Waals surface area contributed by atoms with Gasteiger partial charge in [-0.1, -0.05) is 36.4 Å². The Morgan fingerprint density at radius 1 is 1.20 bits per heavy atom. The second kappa shape index (κ2) is 8.21. The molecule has 0 amide bonds. The van der Waals surface area contributed by atoms with Crippen LogP contribution in [0.4, 0.5) is 0 Å². The fraction of sp³-hybridized carbons (Fsp3) is 0.346. The molecule has 3 fully saturated rings. The molecule has 4 nitrogen and oxygen atoms in total. The molecule has 2 bridgehead atoms. The number of ether oxygens (including phenoxy) is 1. The number of pyridine rings is 1. The molecule has 154 valence electrons. The van der Waals surface area contributed by atoms with E-state index in [1.807, 2.05) is 36.5 Å². The molecule has 1 aromatic heterocycles. The lowest BCUT2D eigenvalue weighted by Gasteiger charge is -2.51. The van der Waals surface area contributed by atoms with Gasteiger partial charge in [-0.25, -0.2) is 0 Å². The standard InChI is InChI=1S/C26H28N2O2/c1-2-19-16-28-13-11-20(19)14-25(28)26(30-17-18-6-4-3-5-7-18)22-10-12-27-24-9-8-21(29)15-23(22)24/h2-10,12,15,19-20,25-26,29H,1,11,13-14,16-17H2/t19?,20?,25-,26-/m0/s1. The first kappa shape index (κ1) is 19.3. The molecule has 30 heavy (non-hydrogen) atoms. The van der Waals surface area contributed by atoms with Crippen molar-refractivity contribution in [3.8, 4) is 5.75 Å². The second-order valence-electron chi connectivity index (χ2n) is 8.57. The Balaban J connectivity index is 1.52. The highest BCUT2D eigenvalue weighted by Gasteiger charge is 2.43. The Morgan fingerprint density at radius 3 is 2.83 bits per heavy atom. The van der Waals surface area contributed by atoms with Crippen LogP contribution in [0.1, 0.15) is 30.1 Å². The van der Waals surface area contributed by atoms with E-state index in [-0.39, 0.29) is 11.9 Å². The lowest BCUT2D eigenvalue weighted by molar-refractivity contribution is -0.0803. The molecule has 2 aromatic carbocycles. The normalized spacial score (nSPS) is 26.5. The van der Waals surface area contributed by atoms with Crippen LogP contribution >= 0.6 is 0 Å². The smallest absolute Gasteiger partial charge is 0.116 e. The number of piperidine rings is 3. The summed E-state index contributed by atoms with van der Waals surface area (Å²) in [6.07, 6.45) is 6.25. The lowest BCUT2D eigenvalue weighted by atomic mass is 9.73. The van der Waals surface area contributed by atoms with Crippen molar-refractivity contribution in [1.82, 2.24) is 9.88 Å². The summed E-state index contributed by atoms with van der Waals surface area (Å²) in [6.45, 7) is 6.79. The van der Waals surface area contributed by atoms with E-state index in [1.165, 1.54) is 12.0 Å². The van der Waals surface area contributed by atoms with Crippen LogP contribution in [0.15, 0.2) is 73.4 Å². The molecule has 3 aliphatic heterocycles. The van der Waals surface area contributed by atoms with Crippen LogP contribution in [-0.2, 0) is 11.3 Å². The van der Waals surface area contributed by atoms with Gasteiger partial charge in [-0.2, -0.15) is 0 Å². The minimum absolute atomic E-state index is 0.0777. The Hall–Kier alpha value is -2.69. The number of fused-ring (bicyclic) bond motifs is 4. The summed E-state index contributed by atoms with van der Waals surface area (Å²) in [4.78, 5) is 7.09. The van der Waals surface area contributed by atoms with Gasteiger partial charge in [0.25, 0.3) is 0 Å². The quantitative estimate of drug-likeness (QED) is 0.585. The van der Waals surface area contributed by atoms with Crippen molar-refractivity contribution in [3.63, 3.8) is 0 Å². The zero-order chi connectivity index (χ0) is 20.5. The molecular weight excluding hydrogens is 372 g/mol. The fourth-order valence-electron chi connectivity index (χ4n) is 5.26. The summed E-state index contributed by atoms with van der Waals surface area (Å²) in [5.41, 5.74) is 3.17. The van der Waals surface area contributed by atoms with E-state index >= 15 is 0 Å². The fourth-order valence-corrected chi connectivity index (χ4v) is 5.26. The number of hydrogen-bond donors (Lipinski definition) is 1. The van der Waals surface area contributed by atoms with Gasteiger partial charge in [-0.05, 0) is 66.6 Å². The molecule has 4 heteroatoms. The number of phenols is 1. The molecular formula is C26H28N2O2. The highest BCUT2D eigenvalue weighted by Crippen LogP contribution is 2.43. The Morgan fingerprint density at radius 2 is 2.07 bits per heavy atom. The molecule has 6 rings (SSSR count). The van der Waals surface area contributed by atoms with Gasteiger partial charge < -0.3 is 9.84 Å². The van der Waals surface area contributed by atoms with E-state index in [0.717, 1.165) is 36.0 Å². The first-order valence-electron chi connectivity index (χ1n) is 10.8. The zero-order valence-corrected chi connectivity index (χ0v) is 17.2. The maximum atomic E-state index is 10.1. The summed E-state index contributed by atoms with van der Waals surface area (Å²) in [5.74, 6) is 1.50. The molecule has 1 N–H and O–H groups in total. The summed E-state index contributed by atoms with van der Waals surface area (Å²) in [7, 11) is 0. The van der Waals surface area contributed by atoms with Crippen molar-refractivity contribution in [2.24, 2.45) is 11.8 Å². The van der Waals surface area contributed by atoms with Gasteiger partial charge in [-0.3, -0.25) is 9.88 Å². The van der Waals surface area contributed by atoms with Gasteiger partial charge >= 0.3 is 0 Å². The van der Waals surface area contributed by atoms with Crippen molar-refractivity contribution < 1.29 is 9.84 Å².